The Labute approximate surface area is 213 Å². The Kier molecular flexibility index (Phi) is 7.69. The number of carbonyl (C=O) groups excluding carboxylic acids is 1. The molecular weight excluding hydrogens is 630 g/mol. The molecule has 0 aliphatic rings. The second-order valence-corrected chi connectivity index (χ2v) is 9.49. The Bertz CT molecular complexity index is 1120. The van der Waals surface area contributed by atoms with Crippen LogP contribution in [-0.4, -0.2) is 16.1 Å². The number of pyridine rings is 2. The molecule has 0 fully saturated rings. The zero-order chi connectivity index (χ0) is 22.3. The number of nitrogens with zero attached hydrogens (tertiary/aromatic N) is 2. The Balaban J connectivity index is 1.47. The fourth-order valence-corrected chi connectivity index (χ4v) is 3.84. The lowest BCUT2D eigenvalue weighted by Crippen LogP contribution is -2.17. The van der Waals surface area contributed by atoms with E-state index in [0.29, 0.717) is 12.8 Å². The van der Waals surface area contributed by atoms with Crippen molar-refractivity contribution in [3.05, 3.63) is 115 Å². The van der Waals surface area contributed by atoms with Gasteiger partial charge >= 0.3 is 6.16 Å². The minimum atomic E-state index is -0.866. The highest BCUT2D eigenvalue weighted by Crippen LogP contribution is 2.23. The summed E-state index contributed by atoms with van der Waals surface area (Å²) in [6.45, 7) is 0. The maximum absolute atomic E-state index is 12.6. The summed E-state index contributed by atoms with van der Waals surface area (Å²) in [4.78, 5) is 21.0. The SMILES string of the molecule is O=C(Oc1ncccc1Cc1ccc(I)cc1)Oc1ncccc1Cc1ccc(I)cc1. The number of hydrogen-bond donors (Lipinski definition) is 0. The van der Waals surface area contributed by atoms with E-state index in [4.69, 9.17) is 9.47 Å². The van der Waals surface area contributed by atoms with Gasteiger partial charge in [0.2, 0.25) is 11.8 Å². The van der Waals surface area contributed by atoms with E-state index in [2.05, 4.69) is 55.1 Å². The van der Waals surface area contributed by atoms with Crippen molar-refractivity contribution < 1.29 is 14.3 Å². The van der Waals surface area contributed by atoms with Crippen LogP contribution in [0.3, 0.4) is 0 Å². The standard InChI is InChI=1S/C25H18I2N2O3/c26-21-9-5-17(6-10-21)15-19-3-1-13-28-23(19)31-25(30)32-24-20(4-2-14-29-24)16-18-7-11-22(27)12-8-18/h1-14H,15-16H2. The number of hydrogen-bond acceptors (Lipinski definition) is 5. The lowest BCUT2D eigenvalue weighted by atomic mass is 10.1. The first kappa shape index (κ1) is 22.7. The van der Waals surface area contributed by atoms with Gasteiger partial charge in [-0.25, -0.2) is 14.8 Å². The highest BCUT2D eigenvalue weighted by Gasteiger charge is 2.16. The Morgan fingerprint density at radius 3 is 1.47 bits per heavy atom. The van der Waals surface area contributed by atoms with Gasteiger partial charge in [-0.3, -0.25) is 0 Å². The van der Waals surface area contributed by atoms with Crippen molar-refractivity contribution >= 4 is 51.3 Å². The highest BCUT2D eigenvalue weighted by atomic mass is 127. The molecule has 0 N–H and O–H groups in total. The van der Waals surface area contributed by atoms with Crippen LogP contribution in [0.5, 0.6) is 11.8 Å². The molecular formula is C25H18I2N2O3. The van der Waals surface area contributed by atoms with E-state index in [1.165, 1.54) is 0 Å². The number of carbonyl (C=O) groups is 1. The van der Waals surface area contributed by atoms with Crippen molar-refractivity contribution in [3.8, 4) is 11.8 Å². The molecule has 2 aromatic heterocycles. The monoisotopic (exact) mass is 648 g/mol. The fraction of sp³-hybridized carbons (Fsp3) is 0.0800. The first-order chi connectivity index (χ1) is 15.6. The molecule has 0 spiro atoms. The molecule has 2 heterocycles. The van der Waals surface area contributed by atoms with Gasteiger partial charge in [-0.05, 0) is 92.7 Å². The summed E-state index contributed by atoms with van der Waals surface area (Å²) in [5, 5.41) is 0. The van der Waals surface area contributed by atoms with Crippen LogP contribution < -0.4 is 9.47 Å². The maximum atomic E-state index is 12.6. The molecule has 0 bridgehead atoms. The van der Waals surface area contributed by atoms with Crippen LogP contribution in [0, 0.1) is 7.14 Å². The molecule has 5 nitrogen and oxygen atoms in total. The molecule has 32 heavy (non-hydrogen) atoms. The first-order valence-corrected chi connectivity index (χ1v) is 12.0. The lowest BCUT2D eigenvalue weighted by Gasteiger charge is -2.11. The Morgan fingerprint density at radius 1 is 0.656 bits per heavy atom. The average molecular weight is 648 g/mol. The van der Waals surface area contributed by atoms with Gasteiger partial charge in [0.25, 0.3) is 0 Å². The summed E-state index contributed by atoms with van der Waals surface area (Å²) in [6, 6.07) is 23.7. The van der Waals surface area contributed by atoms with E-state index < -0.39 is 6.16 Å². The van der Waals surface area contributed by atoms with Gasteiger partial charge in [-0.15, -0.1) is 0 Å². The predicted octanol–water partition coefficient (Wildman–Crippen LogP) is 6.45. The molecule has 4 aromatic rings. The van der Waals surface area contributed by atoms with Gasteiger partial charge in [0.15, 0.2) is 0 Å². The van der Waals surface area contributed by atoms with Gasteiger partial charge in [0.05, 0.1) is 0 Å². The third-order valence-electron chi connectivity index (χ3n) is 4.68. The minimum absolute atomic E-state index is 0.228. The molecule has 0 unspecified atom stereocenters. The van der Waals surface area contributed by atoms with E-state index in [0.717, 1.165) is 29.4 Å². The van der Waals surface area contributed by atoms with Gasteiger partial charge in [0.1, 0.15) is 0 Å². The van der Waals surface area contributed by atoms with Crippen LogP contribution in [0.15, 0.2) is 85.2 Å². The second-order valence-electron chi connectivity index (χ2n) is 7.00. The van der Waals surface area contributed by atoms with Crippen LogP contribution in [-0.2, 0) is 12.8 Å². The average Bonchev–Trinajstić information content (AvgIpc) is 2.79. The quantitative estimate of drug-likeness (QED) is 0.178. The van der Waals surface area contributed by atoms with E-state index in [9.17, 15) is 4.79 Å². The largest absolute Gasteiger partial charge is 0.522 e. The van der Waals surface area contributed by atoms with Crippen LogP contribution in [0.1, 0.15) is 22.3 Å². The normalized spacial score (nSPS) is 10.6. The molecule has 0 saturated carbocycles. The zero-order valence-electron chi connectivity index (χ0n) is 16.9. The molecule has 0 amide bonds. The molecule has 0 saturated heterocycles. The predicted molar refractivity (Wildman–Crippen MR) is 139 cm³/mol. The summed E-state index contributed by atoms with van der Waals surface area (Å²) in [5.74, 6) is 0.456. The van der Waals surface area contributed by atoms with Crippen molar-refractivity contribution in [2.45, 2.75) is 12.8 Å². The Morgan fingerprint density at radius 2 is 1.06 bits per heavy atom. The van der Waals surface area contributed by atoms with Gasteiger partial charge in [-0.1, -0.05) is 36.4 Å². The van der Waals surface area contributed by atoms with Gasteiger partial charge in [-0.2, -0.15) is 0 Å². The summed E-state index contributed by atoms with van der Waals surface area (Å²) >= 11 is 4.53. The summed E-state index contributed by atoms with van der Waals surface area (Å²) in [7, 11) is 0. The Hall–Kier alpha value is -2.53. The molecule has 0 radical (unpaired) electrons. The highest BCUT2D eigenvalue weighted by molar-refractivity contribution is 14.1. The lowest BCUT2D eigenvalue weighted by molar-refractivity contribution is 0.147. The third-order valence-corrected chi connectivity index (χ3v) is 6.11. The fourth-order valence-electron chi connectivity index (χ4n) is 3.12. The molecule has 4 rings (SSSR count). The molecule has 160 valence electrons. The van der Waals surface area contributed by atoms with Crippen LogP contribution >= 0.6 is 45.2 Å². The van der Waals surface area contributed by atoms with E-state index >= 15 is 0 Å². The zero-order valence-corrected chi connectivity index (χ0v) is 21.2. The smallest absolute Gasteiger partial charge is 0.375 e. The first-order valence-electron chi connectivity index (χ1n) is 9.83. The molecule has 0 atom stereocenters. The van der Waals surface area contributed by atoms with E-state index in [-0.39, 0.29) is 11.8 Å². The van der Waals surface area contributed by atoms with Crippen LogP contribution in [0.2, 0.25) is 0 Å². The van der Waals surface area contributed by atoms with Crippen molar-refractivity contribution in [1.82, 2.24) is 9.97 Å². The number of benzene rings is 2. The third kappa shape index (κ3) is 6.26. The number of halogens is 2. The summed E-state index contributed by atoms with van der Waals surface area (Å²) in [5.41, 5.74) is 3.79. The van der Waals surface area contributed by atoms with E-state index in [1.807, 2.05) is 72.8 Å². The van der Waals surface area contributed by atoms with Crippen molar-refractivity contribution in [3.63, 3.8) is 0 Å². The van der Waals surface area contributed by atoms with E-state index in [1.54, 1.807) is 12.4 Å². The molecule has 0 aliphatic carbocycles. The van der Waals surface area contributed by atoms with Crippen LogP contribution in [0.4, 0.5) is 4.79 Å². The number of rotatable bonds is 6. The van der Waals surface area contributed by atoms with Gasteiger partial charge in [0, 0.05) is 43.5 Å². The summed E-state index contributed by atoms with van der Waals surface area (Å²) < 4.78 is 13.2. The number of ether oxygens (including phenoxy) is 2. The topological polar surface area (TPSA) is 61.3 Å². The summed E-state index contributed by atoms with van der Waals surface area (Å²) in [6.07, 6.45) is 3.49. The van der Waals surface area contributed by atoms with Crippen molar-refractivity contribution in [2.75, 3.05) is 0 Å². The number of aromatic nitrogens is 2. The second kappa shape index (κ2) is 10.9. The molecule has 2 aromatic carbocycles. The molecule has 7 heteroatoms. The minimum Gasteiger partial charge on any atom is -0.375 e. The van der Waals surface area contributed by atoms with Gasteiger partial charge < -0.3 is 9.47 Å². The maximum Gasteiger partial charge on any atom is 0.522 e. The molecule has 0 aliphatic heterocycles. The van der Waals surface area contributed by atoms with Crippen LogP contribution in [0.25, 0.3) is 0 Å². The van der Waals surface area contributed by atoms with Crippen molar-refractivity contribution in [2.24, 2.45) is 0 Å². The van der Waals surface area contributed by atoms with Crippen molar-refractivity contribution in [1.29, 1.82) is 0 Å².